The second-order valence-electron chi connectivity index (χ2n) is 5.27. The van der Waals surface area contributed by atoms with Crippen LogP contribution in [0.1, 0.15) is 16.1 Å². The van der Waals surface area contributed by atoms with Gasteiger partial charge < -0.3 is 13.9 Å². The van der Waals surface area contributed by atoms with E-state index in [-0.39, 0.29) is 11.9 Å². The van der Waals surface area contributed by atoms with Crippen molar-refractivity contribution in [1.82, 2.24) is 0 Å². The topological polar surface area (TPSA) is 52.0 Å². The van der Waals surface area contributed by atoms with Gasteiger partial charge in [-0.3, -0.25) is 4.79 Å². The van der Waals surface area contributed by atoms with Crippen LogP contribution in [0.5, 0.6) is 5.75 Å². The van der Waals surface area contributed by atoms with Crippen LogP contribution < -0.4 is 4.74 Å². The molecule has 0 N–H and O–H groups in total. The third kappa shape index (κ3) is 2.61. The molecule has 4 nitrogen and oxygen atoms in total. The van der Waals surface area contributed by atoms with Gasteiger partial charge in [-0.25, -0.2) is 0 Å². The minimum atomic E-state index is -0.131. The smallest absolute Gasteiger partial charge is 0.228 e. The highest BCUT2D eigenvalue weighted by molar-refractivity contribution is 6.09. The van der Waals surface area contributed by atoms with Gasteiger partial charge in [0.1, 0.15) is 24.0 Å². The summed E-state index contributed by atoms with van der Waals surface area (Å²) in [6.45, 7) is 1.32. The molecule has 4 rings (SSSR count). The molecule has 0 spiro atoms. The summed E-state index contributed by atoms with van der Waals surface area (Å²) in [6, 6.07) is 16.4. The average Bonchev–Trinajstić information content (AvgIpc) is 3.29. The summed E-state index contributed by atoms with van der Waals surface area (Å²) in [4.78, 5) is 12.4. The van der Waals surface area contributed by atoms with E-state index in [4.69, 9.17) is 13.9 Å². The number of hydrogen-bond donors (Lipinski definition) is 0. The zero-order chi connectivity index (χ0) is 14.9. The van der Waals surface area contributed by atoms with Gasteiger partial charge in [-0.15, -0.1) is 0 Å². The predicted molar refractivity (Wildman–Crippen MR) is 81.3 cm³/mol. The Bertz CT molecular complexity index is 779. The van der Waals surface area contributed by atoms with Crippen molar-refractivity contribution in [2.45, 2.75) is 6.10 Å². The lowest BCUT2D eigenvalue weighted by Gasteiger charge is -2.04. The fraction of sp³-hybridized carbons (Fsp3) is 0.167. The molecule has 0 bridgehead atoms. The molecular weight excluding hydrogens is 280 g/mol. The lowest BCUT2D eigenvalue weighted by molar-refractivity contribution is 0.101. The Kier molecular flexibility index (Phi) is 3.16. The predicted octanol–water partition coefficient (Wildman–Crippen LogP) is 3.44. The standard InChI is InChI=1S/C18H14O4/c19-18(17-9-13-3-1-2-4-16(13)22-17)12-5-7-14(8-6-12)20-10-15-11-21-15/h1-9,15H,10-11H2. The van der Waals surface area contributed by atoms with Crippen LogP contribution in [0.15, 0.2) is 59.0 Å². The normalized spacial score (nSPS) is 16.6. The molecule has 0 saturated carbocycles. The van der Waals surface area contributed by atoms with Gasteiger partial charge in [0.15, 0.2) is 5.76 Å². The van der Waals surface area contributed by atoms with Crippen LogP contribution in [-0.2, 0) is 4.74 Å². The van der Waals surface area contributed by atoms with Gasteiger partial charge in [0.05, 0.1) is 6.61 Å². The molecule has 4 heteroatoms. The molecule has 110 valence electrons. The second kappa shape index (κ2) is 5.31. The molecule has 1 aliphatic heterocycles. The molecular formula is C18H14O4. The summed E-state index contributed by atoms with van der Waals surface area (Å²) in [5.74, 6) is 0.950. The van der Waals surface area contributed by atoms with Gasteiger partial charge in [-0.05, 0) is 36.4 Å². The number of epoxide rings is 1. The maximum absolute atomic E-state index is 12.4. The van der Waals surface area contributed by atoms with Crippen LogP contribution in [0, 0.1) is 0 Å². The third-order valence-electron chi connectivity index (χ3n) is 3.60. The van der Waals surface area contributed by atoms with Crippen molar-refractivity contribution in [2.24, 2.45) is 0 Å². The second-order valence-corrected chi connectivity index (χ2v) is 5.27. The first-order valence-corrected chi connectivity index (χ1v) is 7.17. The number of hydrogen-bond acceptors (Lipinski definition) is 4. The SMILES string of the molecule is O=C(c1ccc(OCC2CO2)cc1)c1cc2ccccc2o1. The van der Waals surface area contributed by atoms with Crippen LogP contribution in [0.3, 0.4) is 0 Å². The highest BCUT2D eigenvalue weighted by Crippen LogP contribution is 2.22. The first kappa shape index (κ1) is 13.1. The van der Waals surface area contributed by atoms with Crippen LogP contribution in [-0.4, -0.2) is 25.1 Å². The van der Waals surface area contributed by atoms with Crippen LogP contribution in [0.25, 0.3) is 11.0 Å². The molecule has 1 saturated heterocycles. The number of carbonyl (C=O) groups is 1. The van der Waals surface area contributed by atoms with Gasteiger partial charge in [0, 0.05) is 10.9 Å². The molecule has 1 fully saturated rings. The molecule has 1 aromatic heterocycles. The molecule has 3 aromatic rings. The fourth-order valence-electron chi connectivity index (χ4n) is 2.29. The molecule has 1 atom stereocenters. The number of para-hydroxylation sites is 1. The van der Waals surface area contributed by atoms with E-state index in [1.54, 1.807) is 30.3 Å². The largest absolute Gasteiger partial charge is 0.491 e. The summed E-state index contributed by atoms with van der Waals surface area (Å²) < 4.78 is 16.3. The Balaban J connectivity index is 1.53. The van der Waals surface area contributed by atoms with Crippen molar-refractivity contribution in [1.29, 1.82) is 0 Å². The van der Waals surface area contributed by atoms with E-state index in [0.717, 1.165) is 23.3 Å². The number of carbonyl (C=O) groups excluding carboxylic acids is 1. The van der Waals surface area contributed by atoms with E-state index >= 15 is 0 Å². The van der Waals surface area contributed by atoms with E-state index in [0.29, 0.717) is 17.9 Å². The molecule has 0 aliphatic carbocycles. The van der Waals surface area contributed by atoms with E-state index in [2.05, 4.69) is 0 Å². The highest BCUT2D eigenvalue weighted by Gasteiger charge is 2.23. The molecule has 2 heterocycles. The number of rotatable bonds is 5. The van der Waals surface area contributed by atoms with Gasteiger partial charge in [-0.1, -0.05) is 18.2 Å². The molecule has 1 aliphatic rings. The Morgan fingerprint density at radius 3 is 2.64 bits per heavy atom. The molecule has 0 radical (unpaired) electrons. The van der Waals surface area contributed by atoms with Gasteiger partial charge in [0.25, 0.3) is 0 Å². The van der Waals surface area contributed by atoms with Crippen molar-refractivity contribution in [3.63, 3.8) is 0 Å². The number of benzene rings is 2. The minimum absolute atomic E-state index is 0.131. The van der Waals surface area contributed by atoms with Gasteiger partial charge in [-0.2, -0.15) is 0 Å². The maximum Gasteiger partial charge on any atom is 0.228 e. The summed E-state index contributed by atoms with van der Waals surface area (Å²) in [6.07, 6.45) is 0.219. The zero-order valence-corrected chi connectivity index (χ0v) is 11.8. The number of ether oxygens (including phenoxy) is 2. The highest BCUT2D eigenvalue weighted by atomic mass is 16.6. The van der Waals surface area contributed by atoms with Gasteiger partial charge >= 0.3 is 0 Å². The van der Waals surface area contributed by atoms with E-state index in [1.807, 2.05) is 24.3 Å². The minimum Gasteiger partial charge on any atom is -0.491 e. The van der Waals surface area contributed by atoms with Crippen molar-refractivity contribution in [3.8, 4) is 5.75 Å². The first-order valence-electron chi connectivity index (χ1n) is 7.17. The monoisotopic (exact) mass is 294 g/mol. The van der Waals surface area contributed by atoms with Crippen molar-refractivity contribution in [2.75, 3.05) is 13.2 Å². The summed E-state index contributed by atoms with van der Waals surface area (Å²) in [7, 11) is 0. The summed E-state index contributed by atoms with van der Waals surface area (Å²) >= 11 is 0. The molecule has 22 heavy (non-hydrogen) atoms. The van der Waals surface area contributed by atoms with Gasteiger partial charge in [0.2, 0.25) is 5.78 Å². The van der Waals surface area contributed by atoms with Crippen LogP contribution in [0.4, 0.5) is 0 Å². The lowest BCUT2D eigenvalue weighted by Crippen LogP contribution is -2.04. The summed E-state index contributed by atoms with van der Waals surface area (Å²) in [5.41, 5.74) is 1.30. The zero-order valence-electron chi connectivity index (χ0n) is 11.8. The van der Waals surface area contributed by atoms with E-state index in [9.17, 15) is 4.79 Å². The van der Waals surface area contributed by atoms with Crippen molar-refractivity contribution in [3.05, 3.63) is 65.9 Å². The molecule has 1 unspecified atom stereocenters. The molecule has 0 amide bonds. The maximum atomic E-state index is 12.4. The third-order valence-corrected chi connectivity index (χ3v) is 3.60. The summed E-state index contributed by atoms with van der Waals surface area (Å²) in [5, 5.41) is 0.926. The van der Waals surface area contributed by atoms with Crippen LogP contribution >= 0.6 is 0 Å². The Labute approximate surface area is 127 Å². The molecule has 2 aromatic carbocycles. The number of furan rings is 1. The number of fused-ring (bicyclic) bond motifs is 1. The van der Waals surface area contributed by atoms with Crippen molar-refractivity contribution < 1.29 is 18.7 Å². The lowest BCUT2D eigenvalue weighted by atomic mass is 10.1. The average molecular weight is 294 g/mol. The van der Waals surface area contributed by atoms with Crippen molar-refractivity contribution >= 4 is 16.8 Å². The van der Waals surface area contributed by atoms with Crippen LogP contribution in [0.2, 0.25) is 0 Å². The first-order chi connectivity index (χ1) is 10.8. The van der Waals surface area contributed by atoms with E-state index < -0.39 is 0 Å². The Hall–Kier alpha value is -2.59. The quantitative estimate of drug-likeness (QED) is 0.534. The Morgan fingerprint density at radius 2 is 1.91 bits per heavy atom. The number of ketones is 1. The van der Waals surface area contributed by atoms with E-state index in [1.165, 1.54) is 0 Å². The fourth-order valence-corrected chi connectivity index (χ4v) is 2.29. The Morgan fingerprint density at radius 1 is 1.14 bits per heavy atom.